The van der Waals surface area contributed by atoms with E-state index in [1.807, 2.05) is 0 Å². The van der Waals surface area contributed by atoms with E-state index in [9.17, 15) is 13.2 Å². The van der Waals surface area contributed by atoms with Crippen molar-refractivity contribution < 1.29 is 17.9 Å². The number of nitrogens with one attached hydrogen (secondary N) is 1. The van der Waals surface area contributed by atoms with Crippen LogP contribution in [-0.2, 0) is 14.6 Å². The Morgan fingerprint density at radius 3 is 2.76 bits per heavy atom. The van der Waals surface area contributed by atoms with Crippen LogP contribution < -0.4 is 10.1 Å². The van der Waals surface area contributed by atoms with Gasteiger partial charge in [0.05, 0.1) is 12.8 Å². The highest BCUT2D eigenvalue weighted by Gasteiger charge is 2.21. The van der Waals surface area contributed by atoms with Crippen molar-refractivity contribution in [2.24, 2.45) is 0 Å². The molecule has 1 aromatic carbocycles. The summed E-state index contributed by atoms with van der Waals surface area (Å²) >= 11 is 6.92. The van der Waals surface area contributed by atoms with Crippen molar-refractivity contribution in [3.05, 3.63) is 40.7 Å². The van der Waals surface area contributed by atoms with Gasteiger partial charge in [-0.15, -0.1) is 11.3 Å². The minimum Gasteiger partial charge on any atom is -0.495 e. The lowest BCUT2D eigenvalue weighted by Gasteiger charge is -2.10. The van der Waals surface area contributed by atoms with Crippen LogP contribution in [0.2, 0.25) is 5.02 Å². The average molecular weight is 346 g/mol. The third-order valence-electron chi connectivity index (χ3n) is 2.56. The molecule has 2 rings (SSSR count). The van der Waals surface area contributed by atoms with Crippen LogP contribution in [0.4, 0.5) is 5.69 Å². The Morgan fingerprint density at radius 2 is 2.14 bits per heavy atom. The first-order valence-electron chi connectivity index (χ1n) is 5.82. The summed E-state index contributed by atoms with van der Waals surface area (Å²) in [5, 5.41) is 4.55. The number of hydrogen-bond donors (Lipinski definition) is 1. The fraction of sp³-hybridized carbons (Fsp3) is 0.154. The van der Waals surface area contributed by atoms with Gasteiger partial charge in [-0.25, -0.2) is 8.42 Å². The van der Waals surface area contributed by atoms with Crippen molar-refractivity contribution in [3.63, 3.8) is 0 Å². The quantitative estimate of drug-likeness (QED) is 0.904. The molecule has 0 aliphatic rings. The SMILES string of the molecule is COc1ccc(Cl)cc1NC(=O)CS(=O)(=O)c1cccs1. The molecule has 0 saturated carbocycles. The number of ether oxygens (including phenoxy) is 1. The zero-order chi connectivity index (χ0) is 15.5. The second-order valence-corrected chi connectivity index (χ2v) is 7.68. The average Bonchev–Trinajstić information content (AvgIpc) is 2.92. The molecule has 1 amide bonds. The lowest BCUT2D eigenvalue weighted by Crippen LogP contribution is -2.22. The number of amides is 1. The van der Waals surface area contributed by atoms with Gasteiger partial charge in [0.15, 0.2) is 9.84 Å². The van der Waals surface area contributed by atoms with E-state index in [1.54, 1.807) is 23.6 Å². The van der Waals surface area contributed by atoms with Gasteiger partial charge in [-0.1, -0.05) is 17.7 Å². The zero-order valence-corrected chi connectivity index (χ0v) is 13.4. The number of carbonyl (C=O) groups is 1. The standard InChI is InChI=1S/C13H12ClNO4S2/c1-19-11-5-4-9(14)7-10(11)15-12(16)8-21(17,18)13-3-2-6-20-13/h2-7H,8H2,1H3,(H,15,16). The molecule has 8 heteroatoms. The summed E-state index contributed by atoms with van der Waals surface area (Å²) in [7, 11) is -2.19. The largest absolute Gasteiger partial charge is 0.495 e. The van der Waals surface area contributed by atoms with E-state index in [4.69, 9.17) is 16.3 Å². The number of carbonyl (C=O) groups excluding carboxylic acids is 1. The summed E-state index contributed by atoms with van der Waals surface area (Å²) in [5.74, 6) is -0.881. The molecule has 1 heterocycles. The Bertz CT molecular complexity index is 742. The fourth-order valence-corrected chi connectivity index (χ4v) is 4.04. The molecule has 0 aliphatic carbocycles. The van der Waals surface area contributed by atoms with Gasteiger partial charge in [0, 0.05) is 5.02 Å². The first-order chi connectivity index (χ1) is 9.92. The van der Waals surface area contributed by atoms with E-state index in [0.717, 1.165) is 11.3 Å². The minimum atomic E-state index is -3.63. The van der Waals surface area contributed by atoms with Crippen molar-refractivity contribution in [2.45, 2.75) is 4.21 Å². The van der Waals surface area contributed by atoms with E-state index in [0.29, 0.717) is 16.5 Å². The van der Waals surface area contributed by atoms with Crippen LogP contribution in [0.15, 0.2) is 39.9 Å². The van der Waals surface area contributed by atoms with Gasteiger partial charge in [-0.05, 0) is 29.6 Å². The molecule has 0 unspecified atom stereocenters. The molecular weight excluding hydrogens is 334 g/mol. The fourth-order valence-electron chi connectivity index (χ4n) is 1.65. The highest BCUT2D eigenvalue weighted by atomic mass is 35.5. The highest BCUT2D eigenvalue weighted by Crippen LogP contribution is 2.28. The monoisotopic (exact) mass is 345 g/mol. The predicted octanol–water partition coefficient (Wildman–Crippen LogP) is 2.82. The van der Waals surface area contributed by atoms with E-state index in [1.165, 1.54) is 19.2 Å². The van der Waals surface area contributed by atoms with Gasteiger partial charge in [-0.3, -0.25) is 4.79 Å². The van der Waals surface area contributed by atoms with Crippen molar-refractivity contribution >= 4 is 44.4 Å². The van der Waals surface area contributed by atoms with Crippen LogP contribution in [-0.4, -0.2) is 27.2 Å². The van der Waals surface area contributed by atoms with Gasteiger partial charge in [0.1, 0.15) is 15.7 Å². The molecule has 0 bridgehead atoms. The third-order valence-corrected chi connectivity index (χ3v) is 5.90. The number of sulfone groups is 1. The summed E-state index contributed by atoms with van der Waals surface area (Å²) < 4.78 is 29.3. The Kier molecular flexibility index (Phi) is 4.87. The van der Waals surface area contributed by atoms with Crippen molar-refractivity contribution in [1.82, 2.24) is 0 Å². The normalized spacial score (nSPS) is 11.1. The maximum Gasteiger partial charge on any atom is 0.240 e. The Balaban J connectivity index is 2.14. The Hall–Kier alpha value is -1.57. The molecule has 1 N–H and O–H groups in total. The van der Waals surface area contributed by atoms with Gasteiger partial charge in [0.2, 0.25) is 5.91 Å². The first-order valence-corrected chi connectivity index (χ1v) is 8.73. The van der Waals surface area contributed by atoms with Gasteiger partial charge in [-0.2, -0.15) is 0 Å². The summed E-state index contributed by atoms with van der Waals surface area (Å²) in [6.07, 6.45) is 0. The summed E-state index contributed by atoms with van der Waals surface area (Å²) in [6, 6.07) is 7.78. The van der Waals surface area contributed by atoms with Crippen LogP contribution in [0.3, 0.4) is 0 Å². The number of rotatable bonds is 5. The number of thiophene rings is 1. The lowest BCUT2D eigenvalue weighted by molar-refractivity contribution is -0.113. The summed E-state index contributed by atoms with van der Waals surface area (Å²) in [4.78, 5) is 11.9. The van der Waals surface area contributed by atoms with Crippen LogP contribution in [0.5, 0.6) is 5.75 Å². The topological polar surface area (TPSA) is 72.5 Å². The highest BCUT2D eigenvalue weighted by molar-refractivity contribution is 7.94. The van der Waals surface area contributed by atoms with E-state index >= 15 is 0 Å². The summed E-state index contributed by atoms with van der Waals surface area (Å²) in [5.41, 5.74) is 0.330. The number of halogens is 1. The Morgan fingerprint density at radius 1 is 1.38 bits per heavy atom. The van der Waals surface area contributed by atoms with Crippen LogP contribution in [0.1, 0.15) is 0 Å². The molecule has 21 heavy (non-hydrogen) atoms. The molecule has 0 spiro atoms. The first kappa shape index (κ1) is 15.8. The molecule has 5 nitrogen and oxygen atoms in total. The number of anilines is 1. The van der Waals surface area contributed by atoms with Crippen LogP contribution in [0.25, 0.3) is 0 Å². The molecule has 112 valence electrons. The zero-order valence-electron chi connectivity index (χ0n) is 11.0. The minimum absolute atomic E-state index is 0.163. The third kappa shape index (κ3) is 3.96. The lowest BCUT2D eigenvalue weighted by atomic mass is 10.3. The maximum absolute atomic E-state index is 12.0. The van der Waals surface area contributed by atoms with E-state index < -0.39 is 21.5 Å². The number of methoxy groups -OCH3 is 1. The van der Waals surface area contributed by atoms with E-state index in [-0.39, 0.29) is 4.21 Å². The van der Waals surface area contributed by atoms with Crippen LogP contribution in [0, 0.1) is 0 Å². The van der Waals surface area contributed by atoms with Crippen LogP contribution >= 0.6 is 22.9 Å². The molecular formula is C13H12ClNO4S2. The molecule has 2 aromatic rings. The Labute approximate surface area is 131 Å². The maximum atomic E-state index is 12.0. The molecule has 0 atom stereocenters. The number of hydrogen-bond acceptors (Lipinski definition) is 5. The van der Waals surface area contributed by atoms with Crippen molar-refractivity contribution in [1.29, 1.82) is 0 Å². The summed E-state index contributed by atoms with van der Waals surface area (Å²) in [6.45, 7) is 0. The second kappa shape index (κ2) is 6.46. The predicted molar refractivity (Wildman–Crippen MR) is 83.0 cm³/mol. The second-order valence-electron chi connectivity index (χ2n) is 4.08. The molecule has 0 radical (unpaired) electrons. The molecule has 1 aromatic heterocycles. The molecule has 0 fully saturated rings. The smallest absolute Gasteiger partial charge is 0.240 e. The van der Waals surface area contributed by atoms with Gasteiger partial charge in [0.25, 0.3) is 0 Å². The number of benzene rings is 1. The van der Waals surface area contributed by atoms with Crippen molar-refractivity contribution in [3.8, 4) is 5.75 Å². The van der Waals surface area contributed by atoms with E-state index in [2.05, 4.69) is 5.32 Å². The van der Waals surface area contributed by atoms with Crippen molar-refractivity contribution in [2.75, 3.05) is 18.2 Å². The molecule has 0 saturated heterocycles. The molecule has 0 aliphatic heterocycles. The van der Waals surface area contributed by atoms with Gasteiger partial charge < -0.3 is 10.1 Å². The van der Waals surface area contributed by atoms with Gasteiger partial charge >= 0.3 is 0 Å².